The average Bonchev–Trinajstić information content (AvgIpc) is 2.92. The van der Waals surface area contributed by atoms with Crippen LogP contribution in [-0.2, 0) is 6.54 Å². The van der Waals surface area contributed by atoms with Crippen molar-refractivity contribution in [2.75, 3.05) is 13.6 Å². The van der Waals surface area contributed by atoms with Gasteiger partial charge in [0, 0.05) is 19.2 Å². The number of hydrogen-bond donors (Lipinski definition) is 1. The van der Waals surface area contributed by atoms with E-state index in [4.69, 9.17) is 21.8 Å². The number of hydrogen-bond acceptors (Lipinski definition) is 3. The van der Waals surface area contributed by atoms with Gasteiger partial charge in [-0.15, -0.1) is 0 Å². The highest BCUT2D eigenvalue weighted by Crippen LogP contribution is 2.16. The van der Waals surface area contributed by atoms with E-state index in [0.717, 1.165) is 11.1 Å². The van der Waals surface area contributed by atoms with Crippen LogP contribution >= 0.6 is 11.6 Å². The molecule has 5 heteroatoms. The van der Waals surface area contributed by atoms with Crippen molar-refractivity contribution in [2.24, 2.45) is 5.73 Å². The second-order valence-electron chi connectivity index (χ2n) is 4.43. The van der Waals surface area contributed by atoms with Crippen LogP contribution in [0, 0.1) is 11.8 Å². The van der Waals surface area contributed by atoms with E-state index in [9.17, 15) is 4.79 Å². The number of benzene rings is 1. The summed E-state index contributed by atoms with van der Waals surface area (Å²) in [7, 11) is 1.70. The maximum Gasteiger partial charge on any atom is 0.289 e. The molecule has 2 aromatic rings. The molecule has 4 nitrogen and oxygen atoms in total. The minimum Gasteiger partial charge on any atom is -0.440 e. The minimum atomic E-state index is -0.233. The Morgan fingerprint density at radius 3 is 2.76 bits per heavy atom. The Balaban J connectivity index is 2.16. The molecular formula is C16H15ClN2O2. The van der Waals surface area contributed by atoms with Crippen LogP contribution in [0.5, 0.6) is 0 Å². The van der Waals surface area contributed by atoms with E-state index < -0.39 is 0 Å². The number of halogens is 1. The smallest absolute Gasteiger partial charge is 0.289 e. The lowest BCUT2D eigenvalue weighted by molar-refractivity contribution is 0.0753. The quantitative estimate of drug-likeness (QED) is 0.886. The van der Waals surface area contributed by atoms with Crippen molar-refractivity contribution in [1.29, 1.82) is 0 Å². The lowest BCUT2D eigenvalue weighted by Gasteiger charge is -2.16. The normalized spacial score (nSPS) is 9.86. The highest BCUT2D eigenvalue weighted by molar-refractivity contribution is 6.29. The topological polar surface area (TPSA) is 59.5 Å². The monoisotopic (exact) mass is 302 g/mol. The average molecular weight is 303 g/mol. The van der Waals surface area contributed by atoms with Crippen molar-refractivity contribution in [3.05, 3.63) is 58.5 Å². The summed E-state index contributed by atoms with van der Waals surface area (Å²) in [6, 6.07) is 10.7. The van der Waals surface area contributed by atoms with Crippen LogP contribution in [0.1, 0.15) is 21.7 Å². The summed E-state index contributed by atoms with van der Waals surface area (Å²) in [6.45, 7) is 0.723. The van der Waals surface area contributed by atoms with E-state index in [0.29, 0.717) is 13.1 Å². The zero-order valence-corrected chi connectivity index (χ0v) is 12.4. The van der Waals surface area contributed by atoms with Gasteiger partial charge in [-0.1, -0.05) is 30.0 Å². The van der Waals surface area contributed by atoms with Crippen LogP contribution in [0.25, 0.3) is 0 Å². The summed E-state index contributed by atoms with van der Waals surface area (Å²) >= 11 is 5.68. The summed E-state index contributed by atoms with van der Waals surface area (Å²) in [5, 5.41) is 0.195. The van der Waals surface area contributed by atoms with Gasteiger partial charge in [0.1, 0.15) is 0 Å². The van der Waals surface area contributed by atoms with E-state index >= 15 is 0 Å². The molecule has 0 aliphatic heterocycles. The Morgan fingerprint density at radius 1 is 1.33 bits per heavy atom. The summed E-state index contributed by atoms with van der Waals surface area (Å²) in [5.74, 6) is 5.81. The van der Waals surface area contributed by atoms with Gasteiger partial charge in [-0.05, 0) is 35.4 Å². The van der Waals surface area contributed by atoms with Crippen molar-refractivity contribution in [3.63, 3.8) is 0 Å². The Morgan fingerprint density at radius 2 is 2.10 bits per heavy atom. The molecule has 21 heavy (non-hydrogen) atoms. The molecule has 0 unspecified atom stereocenters. The molecule has 1 aromatic carbocycles. The van der Waals surface area contributed by atoms with Gasteiger partial charge in [-0.3, -0.25) is 4.79 Å². The number of amides is 1. The van der Waals surface area contributed by atoms with Gasteiger partial charge in [0.05, 0.1) is 6.54 Å². The molecule has 0 spiro atoms. The van der Waals surface area contributed by atoms with Crippen LogP contribution in [0.4, 0.5) is 0 Å². The lowest BCUT2D eigenvalue weighted by Crippen LogP contribution is -2.26. The molecule has 108 valence electrons. The highest BCUT2D eigenvalue weighted by atomic mass is 35.5. The second kappa shape index (κ2) is 6.98. The Labute approximate surface area is 128 Å². The summed E-state index contributed by atoms with van der Waals surface area (Å²) in [4.78, 5) is 13.8. The van der Waals surface area contributed by atoms with E-state index in [-0.39, 0.29) is 16.9 Å². The fourth-order valence-corrected chi connectivity index (χ4v) is 2.02. The van der Waals surface area contributed by atoms with Crippen LogP contribution in [0.15, 0.2) is 40.8 Å². The van der Waals surface area contributed by atoms with Crippen molar-refractivity contribution in [1.82, 2.24) is 4.90 Å². The Hall–Kier alpha value is -2.22. The van der Waals surface area contributed by atoms with Crippen LogP contribution in [0.3, 0.4) is 0 Å². The molecule has 1 aromatic heterocycles. The number of carbonyl (C=O) groups excluding carboxylic acids is 1. The van der Waals surface area contributed by atoms with Gasteiger partial charge in [0.15, 0.2) is 11.0 Å². The molecule has 2 rings (SSSR count). The van der Waals surface area contributed by atoms with Gasteiger partial charge in [-0.25, -0.2) is 0 Å². The Kier molecular flexibility index (Phi) is 5.04. The number of nitrogens with two attached hydrogens (primary N) is 1. The van der Waals surface area contributed by atoms with Crippen LogP contribution < -0.4 is 5.73 Å². The number of nitrogens with zero attached hydrogens (tertiary/aromatic N) is 1. The van der Waals surface area contributed by atoms with E-state index in [1.807, 2.05) is 24.3 Å². The van der Waals surface area contributed by atoms with Crippen molar-refractivity contribution >= 4 is 17.5 Å². The van der Waals surface area contributed by atoms with E-state index in [2.05, 4.69) is 11.8 Å². The van der Waals surface area contributed by atoms with Gasteiger partial charge in [-0.2, -0.15) is 0 Å². The second-order valence-corrected chi connectivity index (χ2v) is 4.80. The van der Waals surface area contributed by atoms with Crippen LogP contribution in [0.2, 0.25) is 5.22 Å². The zero-order chi connectivity index (χ0) is 15.2. The van der Waals surface area contributed by atoms with Crippen molar-refractivity contribution in [3.8, 4) is 11.8 Å². The molecule has 0 fully saturated rings. The van der Waals surface area contributed by atoms with Crippen molar-refractivity contribution < 1.29 is 9.21 Å². The van der Waals surface area contributed by atoms with Gasteiger partial charge in [0.25, 0.3) is 5.91 Å². The Bertz CT molecular complexity index is 698. The van der Waals surface area contributed by atoms with E-state index in [1.165, 1.54) is 0 Å². The summed E-state index contributed by atoms with van der Waals surface area (Å²) in [5.41, 5.74) is 7.20. The number of carbonyl (C=O) groups is 1. The molecule has 2 N–H and O–H groups in total. The van der Waals surface area contributed by atoms with Crippen LogP contribution in [-0.4, -0.2) is 24.4 Å². The molecular weight excluding hydrogens is 288 g/mol. The third kappa shape index (κ3) is 3.88. The van der Waals surface area contributed by atoms with E-state index in [1.54, 1.807) is 24.1 Å². The fourth-order valence-electron chi connectivity index (χ4n) is 1.87. The van der Waals surface area contributed by atoms with Gasteiger partial charge in [0.2, 0.25) is 0 Å². The minimum absolute atomic E-state index is 0.195. The fraction of sp³-hybridized carbons (Fsp3) is 0.188. The largest absolute Gasteiger partial charge is 0.440 e. The number of rotatable bonds is 3. The predicted octanol–water partition coefficient (Wildman–Crippen LogP) is 2.52. The van der Waals surface area contributed by atoms with Gasteiger partial charge < -0.3 is 15.1 Å². The molecule has 1 heterocycles. The zero-order valence-electron chi connectivity index (χ0n) is 11.6. The summed E-state index contributed by atoms with van der Waals surface area (Å²) in [6.07, 6.45) is 0. The molecule has 0 aliphatic carbocycles. The molecule has 0 radical (unpaired) electrons. The molecule has 0 aliphatic rings. The first-order valence-electron chi connectivity index (χ1n) is 6.39. The third-order valence-electron chi connectivity index (χ3n) is 2.88. The first-order chi connectivity index (χ1) is 10.1. The molecule has 0 bridgehead atoms. The molecule has 1 amide bonds. The molecule has 0 atom stereocenters. The standard InChI is InChI=1S/C16H15ClN2O2/c1-19(16(20)14-8-9-15(17)21-14)11-13-6-3-2-5-12(13)7-4-10-18/h2-3,5-6,8-9H,10-11,18H2,1H3. The SMILES string of the molecule is CN(Cc1ccccc1C#CCN)C(=O)c1ccc(Cl)o1. The maximum absolute atomic E-state index is 12.2. The van der Waals surface area contributed by atoms with Gasteiger partial charge >= 0.3 is 0 Å². The molecule has 0 saturated carbocycles. The lowest BCUT2D eigenvalue weighted by atomic mass is 10.1. The number of furan rings is 1. The maximum atomic E-state index is 12.2. The first kappa shape index (κ1) is 15.2. The predicted molar refractivity (Wildman–Crippen MR) is 81.9 cm³/mol. The van der Waals surface area contributed by atoms with Crippen molar-refractivity contribution in [2.45, 2.75) is 6.54 Å². The molecule has 0 saturated heterocycles. The highest BCUT2D eigenvalue weighted by Gasteiger charge is 2.16. The first-order valence-corrected chi connectivity index (χ1v) is 6.77. The summed E-state index contributed by atoms with van der Waals surface area (Å²) < 4.78 is 5.13. The third-order valence-corrected chi connectivity index (χ3v) is 3.08.